The lowest BCUT2D eigenvalue weighted by molar-refractivity contribution is -0.401. The van der Waals surface area contributed by atoms with Crippen molar-refractivity contribution in [2.75, 3.05) is 34.5 Å². The zero-order valence-electron chi connectivity index (χ0n) is 19.1. The number of hydrogen-bond donors (Lipinski definition) is 2. The lowest BCUT2D eigenvalue weighted by Crippen LogP contribution is -2.83. The summed E-state index contributed by atoms with van der Waals surface area (Å²) in [5.74, 6) is 0.458. The fourth-order valence-electron chi connectivity index (χ4n) is 11.2. The quantitative estimate of drug-likeness (QED) is 0.663. The Morgan fingerprint density at radius 2 is 1.97 bits per heavy atom. The van der Waals surface area contributed by atoms with Crippen molar-refractivity contribution in [2.45, 2.75) is 74.9 Å². The summed E-state index contributed by atoms with van der Waals surface area (Å²) in [6.45, 7) is 3.78. The molecule has 14 atom stereocenters. The maximum Gasteiger partial charge on any atom is 0.119 e. The Balaban J connectivity index is 1.51. The van der Waals surface area contributed by atoms with Crippen LogP contribution < -0.4 is 0 Å². The molecule has 1 spiro atoms. The molecule has 174 valence electrons. The summed E-state index contributed by atoms with van der Waals surface area (Å²) in [5.41, 5.74) is -1.19. The molecule has 0 amide bonds. The Morgan fingerprint density at radius 1 is 1.16 bits per heavy atom. The molecule has 9 rings (SSSR count). The van der Waals surface area contributed by atoms with Gasteiger partial charge in [-0.3, -0.25) is 4.90 Å². The smallest absolute Gasteiger partial charge is 0.119 e. The summed E-state index contributed by atoms with van der Waals surface area (Å²) >= 11 is 0. The molecule has 0 aromatic heterocycles. The minimum absolute atomic E-state index is 0.0256. The minimum atomic E-state index is -0.977. The Kier molecular flexibility index (Phi) is 3.92. The Bertz CT molecular complexity index is 792. The molecule has 5 saturated carbocycles. The molecule has 2 unspecified atom stereocenters. The molecule has 0 aromatic rings. The number of nitrogens with zero attached hydrogens (tertiary/aromatic N) is 1. The van der Waals surface area contributed by atoms with Crippen molar-refractivity contribution in [3.8, 4) is 0 Å². The molecule has 5 aliphatic carbocycles. The van der Waals surface area contributed by atoms with Crippen molar-refractivity contribution in [3.05, 3.63) is 0 Å². The van der Waals surface area contributed by atoms with Gasteiger partial charge < -0.3 is 29.2 Å². The van der Waals surface area contributed by atoms with Crippen LogP contribution in [0.1, 0.15) is 32.6 Å². The van der Waals surface area contributed by atoms with Gasteiger partial charge in [0.2, 0.25) is 0 Å². The highest BCUT2D eigenvalue weighted by molar-refractivity contribution is 5.38. The highest BCUT2D eigenvalue weighted by Crippen LogP contribution is 2.82. The fourth-order valence-corrected chi connectivity index (χ4v) is 11.2. The van der Waals surface area contributed by atoms with Crippen molar-refractivity contribution in [2.24, 2.45) is 40.4 Å². The van der Waals surface area contributed by atoms with Gasteiger partial charge in [-0.15, -0.1) is 0 Å². The number of piperidine rings is 1. The molecule has 4 aliphatic heterocycles. The Hall–Kier alpha value is -0.280. The van der Waals surface area contributed by atoms with E-state index < -0.39 is 11.7 Å². The number of fused-ring (bicyclic) bond motifs is 3. The summed E-state index contributed by atoms with van der Waals surface area (Å²) in [6.07, 6.45) is 3.17. The van der Waals surface area contributed by atoms with Gasteiger partial charge >= 0.3 is 0 Å². The third kappa shape index (κ3) is 1.80. The first-order valence-electron chi connectivity index (χ1n) is 12.3. The summed E-state index contributed by atoms with van der Waals surface area (Å²) in [6, 6.07) is 0.231. The van der Waals surface area contributed by atoms with Crippen molar-refractivity contribution >= 4 is 0 Å². The zero-order valence-corrected chi connectivity index (χ0v) is 19.1. The topological polar surface area (TPSA) is 80.6 Å². The number of ether oxygens (including phenoxy) is 4. The second kappa shape index (κ2) is 6.04. The summed E-state index contributed by atoms with van der Waals surface area (Å²) in [7, 11) is 5.36. The standard InChI is InChI=1S/C24H37NO6/c1-5-25-20-16-18(30-4)19-22(10-28-2)7-6-14(31-21(22)25)24(19,20)12-8-11-13(29-3)9-23(16,27)15(12)17(11)26/h11-21,26-27H,5-10H2,1-4H3/t11-,12-,13+,14+,15-,16+,17+,18+,19-,20?,21?,22+,23-,24+/m1/s1. The van der Waals surface area contributed by atoms with Crippen LogP contribution in [0.2, 0.25) is 0 Å². The maximum absolute atomic E-state index is 12.5. The SMILES string of the molecule is CCN1C2O[C@H]3CC[C@]2(COC)[C@H]2[C@@H](OC)[C@H]4C1[C@@]32[C@@H]1C[C@H]2[C@H](O)[C@@H]1[C@]4(O)C[C@@H]2OC. The molecule has 2 N–H and O–H groups in total. The van der Waals surface area contributed by atoms with E-state index in [1.807, 2.05) is 7.11 Å². The Morgan fingerprint density at radius 3 is 2.65 bits per heavy atom. The van der Waals surface area contributed by atoms with E-state index in [0.29, 0.717) is 18.9 Å². The fraction of sp³-hybridized carbons (Fsp3) is 1.00. The maximum atomic E-state index is 12.5. The van der Waals surface area contributed by atoms with Crippen LogP contribution in [0.25, 0.3) is 0 Å². The normalized spacial score (nSPS) is 65.0. The first-order valence-corrected chi connectivity index (χ1v) is 12.3. The van der Waals surface area contributed by atoms with Crippen LogP contribution in [-0.4, -0.2) is 91.9 Å². The van der Waals surface area contributed by atoms with E-state index in [9.17, 15) is 10.2 Å². The van der Waals surface area contributed by atoms with Gasteiger partial charge in [-0.05, 0) is 31.7 Å². The molecular formula is C24H37NO6. The van der Waals surface area contributed by atoms with E-state index in [0.717, 1.165) is 25.8 Å². The van der Waals surface area contributed by atoms with Crippen LogP contribution in [-0.2, 0) is 18.9 Å². The van der Waals surface area contributed by atoms with Gasteiger partial charge in [0.1, 0.15) is 6.23 Å². The van der Waals surface area contributed by atoms with Gasteiger partial charge in [-0.1, -0.05) is 6.92 Å². The van der Waals surface area contributed by atoms with Crippen LogP contribution in [0.15, 0.2) is 0 Å². The second-order valence-corrected chi connectivity index (χ2v) is 11.7. The predicted molar refractivity (Wildman–Crippen MR) is 110 cm³/mol. The second-order valence-electron chi connectivity index (χ2n) is 11.7. The van der Waals surface area contributed by atoms with E-state index in [-0.39, 0.29) is 65.1 Å². The van der Waals surface area contributed by atoms with Gasteiger partial charge in [0.25, 0.3) is 0 Å². The van der Waals surface area contributed by atoms with Crippen LogP contribution in [0, 0.1) is 40.4 Å². The molecular weight excluding hydrogens is 398 g/mol. The Labute approximate surface area is 184 Å². The van der Waals surface area contributed by atoms with Crippen LogP contribution in [0.3, 0.4) is 0 Å². The summed E-state index contributed by atoms with van der Waals surface area (Å²) < 4.78 is 25.0. The number of aliphatic hydroxyl groups is 2. The monoisotopic (exact) mass is 435 g/mol. The molecule has 9 aliphatic rings. The molecule has 4 saturated heterocycles. The van der Waals surface area contributed by atoms with E-state index in [1.165, 1.54) is 0 Å². The van der Waals surface area contributed by atoms with E-state index in [4.69, 9.17) is 18.9 Å². The molecule has 0 radical (unpaired) electrons. The lowest BCUT2D eigenvalue weighted by atomic mass is 9.41. The van der Waals surface area contributed by atoms with Crippen molar-refractivity contribution in [1.82, 2.24) is 4.90 Å². The van der Waals surface area contributed by atoms with E-state index >= 15 is 0 Å². The molecule has 7 nitrogen and oxygen atoms in total. The van der Waals surface area contributed by atoms with Gasteiger partial charge in [0.05, 0.1) is 36.6 Å². The molecule has 31 heavy (non-hydrogen) atoms. The van der Waals surface area contributed by atoms with E-state index in [2.05, 4.69) is 11.8 Å². The average molecular weight is 436 g/mol. The largest absolute Gasteiger partial charge is 0.392 e. The molecule has 9 bridgehead atoms. The summed E-state index contributed by atoms with van der Waals surface area (Å²) in [4.78, 5) is 2.56. The first-order chi connectivity index (χ1) is 15.0. The lowest BCUT2D eigenvalue weighted by Gasteiger charge is -2.75. The van der Waals surface area contributed by atoms with Gasteiger partial charge in [0.15, 0.2) is 0 Å². The molecule has 0 aromatic carbocycles. The van der Waals surface area contributed by atoms with Gasteiger partial charge in [-0.2, -0.15) is 0 Å². The number of methoxy groups -OCH3 is 3. The minimum Gasteiger partial charge on any atom is -0.392 e. The highest BCUT2D eigenvalue weighted by Gasteiger charge is 2.90. The highest BCUT2D eigenvalue weighted by atomic mass is 16.5. The van der Waals surface area contributed by atoms with Gasteiger partial charge in [-0.25, -0.2) is 0 Å². The van der Waals surface area contributed by atoms with Crippen LogP contribution >= 0.6 is 0 Å². The van der Waals surface area contributed by atoms with Gasteiger partial charge in [0, 0.05) is 68.3 Å². The van der Waals surface area contributed by atoms with Crippen molar-refractivity contribution in [3.63, 3.8) is 0 Å². The summed E-state index contributed by atoms with van der Waals surface area (Å²) in [5, 5.41) is 24.0. The predicted octanol–water partition coefficient (Wildman–Crippen LogP) is 0.866. The zero-order chi connectivity index (χ0) is 21.5. The van der Waals surface area contributed by atoms with Crippen molar-refractivity contribution < 1.29 is 29.2 Å². The van der Waals surface area contributed by atoms with Crippen molar-refractivity contribution in [1.29, 1.82) is 0 Å². The molecule has 9 fully saturated rings. The molecule has 7 heteroatoms. The van der Waals surface area contributed by atoms with Crippen LogP contribution in [0.4, 0.5) is 0 Å². The van der Waals surface area contributed by atoms with E-state index in [1.54, 1.807) is 14.2 Å². The third-order valence-corrected chi connectivity index (χ3v) is 11.5. The third-order valence-electron chi connectivity index (χ3n) is 11.5. The first kappa shape index (κ1) is 20.1. The molecule has 4 heterocycles. The number of aliphatic hydroxyl groups excluding tert-OH is 1. The number of rotatable bonds is 5. The number of hydrogen-bond acceptors (Lipinski definition) is 7. The van der Waals surface area contributed by atoms with Crippen LogP contribution in [0.5, 0.6) is 0 Å². The average Bonchev–Trinajstić information content (AvgIpc) is 3.20.